The van der Waals surface area contributed by atoms with Crippen LogP contribution >= 0.6 is 11.6 Å². The lowest BCUT2D eigenvalue weighted by atomic mass is 10.2. The number of nitrogens with zero attached hydrogens (tertiary/aromatic N) is 1. The zero-order valence-corrected chi connectivity index (χ0v) is 9.56. The third-order valence-electron chi connectivity index (χ3n) is 1.75. The summed E-state index contributed by atoms with van der Waals surface area (Å²) in [6.07, 6.45) is 0. The predicted octanol–water partition coefficient (Wildman–Crippen LogP) is 1.97. The van der Waals surface area contributed by atoms with Crippen LogP contribution in [0, 0.1) is 11.3 Å². The number of hydrogen-bond donors (Lipinski definition) is 1. The van der Waals surface area contributed by atoms with Crippen molar-refractivity contribution in [1.29, 1.82) is 5.26 Å². The number of nitrogens with one attached hydrogen (secondary N) is 1. The standard InChI is InChI=1S/C9H9ClN2O2S/c1-2-15(13,14)12-9-5-8(10)4-3-7(9)6-11/h3-5,12H,2H2,1H3. The van der Waals surface area contributed by atoms with Gasteiger partial charge in [0.1, 0.15) is 6.07 Å². The lowest BCUT2D eigenvalue weighted by molar-refractivity contribution is 0.602. The Bertz CT molecular complexity index is 505. The van der Waals surface area contributed by atoms with Crippen LogP contribution in [-0.2, 0) is 10.0 Å². The van der Waals surface area contributed by atoms with Crippen molar-refractivity contribution in [2.45, 2.75) is 6.92 Å². The van der Waals surface area contributed by atoms with Gasteiger partial charge in [0.15, 0.2) is 0 Å². The van der Waals surface area contributed by atoms with Gasteiger partial charge in [-0.1, -0.05) is 11.6 Å². The van der Waals surface area contributed by atoms with Gasteiger partial charge in [-0.15, -0.1) is 0 Å². The minimum Gasteiger partial charge on any atom is -0.282 e. The first-order valence-corrected chi connectivity index (χ1v) is 6.21. The summed E-state index contributed by atoms with van der Waals surface area (Å²) in [5.41, 5.74) is 0.461. The molecule has 0 amide bonds. The van der Waals surface area contributed by atoms with Gasteiger partial charge in [-0.05, 0) is 25.1 Å². The second-order valence-corrected chi connectivity index (χ2v) is 5.25. The number of rotatable bonds is 3. The van der Waals surface area contributed by atoms with Crippen LogP contribution in [0.4, 0.5) is 5.69 Å². The Morgan fingerprint density at radius 2 is 2.20 bits per heavy atom. The summed E-state index contributed by atoms with van der Waals surface area (Å²) in [6, 6.07) is 6.29. The second-order valence-electron chi connectivity index (χ2n) is 2.81. The van der Waals surface area contributed by atoms with Gasteiger partial charge >= 0.3 is 0 Å². The molecule has 0 unspecified atom stereocenters. The van der Waals surface area contributed by atoms with Gasteiger partial charge in [0.25, 0.3) is 0 Å². The second kappa shape index (κ2) is 4.51. The molecule has 0 radical (unpaired) electrons. The molecule has 0 aromatic heterocycles. The van der Waals surface area contributed by atoms with E-state index in [0.29, 0.717) is 5.02 Å². The van der Waals surface area contributed by atoms with Gasteiger partial charge in [-0.3, -0.25) is 4.72 Å². The Kier molecular flexibility index (Phi) is 3.56. The SMILES string of the molecule is CCS(=O)(=O)Nc1cc(Cl)ccc1C#N. The van der Waals surface area contributed by atoms with Gasteiger partial charge < -0.3 is 0 Å². The van der Waals surface area contributed by atoms with Crippen LogP contribution in [0.5, 0.6) is 0 Å². The Balaban J connectivity index is 3.15. The average Bonchev–Trinajstić information content (AvgIpc) is 2.18. The quantitative estimate of drug-likeness (QED) is 0.884. The number of halogens is 1. The van der Waals surface area contributed by atoms with Gasteiger partial charge in [0, 0.05) is 5.02 Å². The molecule has 1 N–H and O–H groups in total. The Labute approximate surface area is 93.5 Å². The molecule has 0 fully saturated rings. The van der Waals surface area contributed by atoms with Gasteiger partial charge in [0.2, 0.25) is 10.0 Å². The van der Waals surface area contributed by atoms with Crippen molar-refractivity contribution in [3.63, 3.8) is 0 Å². The molecule has 80 valence electrons. The molecule has 1 rings (SSSR count). The maximum Gasteiger partial charge on any atom is 0.232 e. The molecule has 0 aliphatic carbocycles. The number of anilines is 1. The van der Waals surface area contributed by atoms with Crippen LogP contribution in [-0.4, -0.2) is 14.2 Å². The molecule has 15 heavy (non-hydrogen) atoms. The lowest BCUT2D eigenvalue weighted by Gasteiger charge is -2.07. The minimum absolute atomic E-state index is 0.0512. The summed E-state index contributed by atoms with van der Waals surface area (Å²) < 4.78 is 24.9. The van der Waals surface area contributed by atoms with E-state index in [2.05, 4.69) is 4.72 Å². The molecule has 0 heterocycles. The van der Waals surface area contributed by atoms with E-state index in [1.54, 1.807) is 0 Å². The Morgan fingerprint density at radius 3 is 2.73 bits per heavy atom. The molecular weight excluding hydrogens is 236 g/mol. The van der Waals surface area contributed by atoms with Crippen LogP contribution in [0.3, 0.4) is 0 Å². The smallest absolute Gasteiger partial charge is 0.232 e. The van der Waals surface area contributed by atoms with Crippen molar-refractivity contribution < 1.29 is 8.42 Å². The monoisotopic (exact) mass is 244 g/mol. The molecule has 1 aromatic rings. The van der Waals surface area contributed by atoms with Crippen molar-refractivity contribution in [3.05, 3.63) is 28.8 Å². The summed E-state index contributed by atoms with van der Waals surface area (Å²) in [4.78, 5) is 0. The maximum absolute atomic E-state index is 11.3. The highest BCUT2D eigenvalue weighted by atomic mass is 35.5. The number of hydrogen-bond acceptors (Lipinski definition) is 3. The Morgan fingerprint density at radius 1 is 1.53 bits per heavy atom. The van der Waals surface area contributed by atoms with E-state index >= 15 is 0 Å². The predicted molar refractivity (Wildman–Crippen MR) is 59.3 cm³/mol. The molecule has 0 saturated carbocycles. The summed E-state index contributed by atoms with van der Waals surface area (Å²) in [5, 5.41) is 9.13. The zero-order chi connectivity index (χ0) is 11.5. The molecule has 0 saturated heterocycles. The van der Waals surface area contributed by atoms with E-state index in [1.807, 2.05) is 6.07 Å². The molecular formula is C9H9ClN2O2S. The number of sulfonamides is 1. The Hall–Kier alpha value is -1.25. The summed E-state index contributed by atoms with van der Waals surface area (Å²) in [7, 11) is -3.38. The van der Waals surface area contributed by atoms with Crippen molar-refractivity contribution in [3.8, 4) is 6.07 Å². The van der Waals surface area contributed by atoms with Crippen molar-refractivity contribution in [2.75, 3.05) is 10.5 Å². The third kappa shape index (κ3) is 3.11. The molecule has 0 bridgehead atoms. The summed E-state index contributed by atoms with van der Waals surface area (Å²) >= 11 is 5.70. The van der Waals surface area contributed by atoms with Crippen LogP contribution < -0.4 is 4.72 Å². The minimum atomic E-state index is -3.38. The number of nitriles is 1. The first-order valence-electron chi connectivity index (χ1n) is 4.18. The topological polar surface area (TPSA) is 70.0 Å². The molecule has 0 aliphatic heterocycles. The average molecular weight is 245 g/mol. The zero-order valence-electron chi connectivity index (χ0n) is 7.99. The molecule has 1 aromatic carbocycles. The van der Waals surface area contributed by atoms with Gasteiger partial charge in [-0.25, -0.2) is 8.42 Å². The molecule has 6 heteroatoms. The molecule has 4 nitrogen and oxygen atoms in total. The van der Waals surface area contributed by atoms with E-state index in [0.717, 1.165) is 0 Å². The lowest BCUT2D eigenvalue weighted by Crippen LogP contribution is -2.15. The fourth-order valence-electron chi connectivity index (χ4n) is 0.938. The van der Waals surface area contributed by atoms with E-state index < -0.39 is 10.0 Å². The highest BCUT2D eigenvalue weighted by Crippen LogP contribution is 2.21. The fraction of sp³-hybridized carbons (Fsp3) is 0.222. The molecule has 0 atom stereocenters. The van der Waals surface area contributed by atoms with Crippen LogP contribution in [0.25, 0.3) is 0 Å². The molecule has 0 spiro atoms. The normalized spacial score (nSPS) is 10.7. The van der Waals surface area contributed by atoms with Crippen LogP contribution in [0.1, 0.15) is 12.5 Å². The highest BCUT2D eigenvalue weighted by molar-refractivity contribution is 7.92. The summed E-state index contributed by atoms with van der Waals surface area (Å²) in [6.45, 7) is 1.51. The largest absolute Gasteiger partial charge is 0.282 e. The van der Waals surface area contributed by atoms with E-state index in [4.69, 9.17) is 16.9 Å². The summed E-state index contributed by atoms with van der Waals surface area (Å²) in [5.74, 6) is -0.0512. The van der Waals surface area contributed by atoms with Crippen molar-refractivity contribution >= 4 is 27.3 Å². The van der Waals surface area contributed by atoms with Crippen LogP contribution in [0.15, 0.2) is 18.2 Å². The fourth-order valence-corrected chi connectivity index (χ4v) is 1.76. The first-order chi connectivity index (χ1) is 6.98. The van der Waals surface area contributed by atoms with Gasteiger partial charge in [0.05, 0.1) is 17.0 Å². The van der Waals surface area contributed by atoms with E-state index in [9.17, 15) is 8.42 Å². The first kappa shape index (κ1) is 11.8. The third-order valence-corrected chi connectivity index (χ3v) is 3.27. The van der Waals surface area contributed by atoms with Crippen molar-refractivity contribution in [1.82, 2.24) is 0 Å². The number of benzene rings is 1. The van der Waals surface area contributed by atoms with Crippen molar-refractivity contribution in [2.24, 2.45) is 0 Å². The highest BCUT2D eigenvalue weighted by Gasteiger charge is 2.10. The van der Waals surface area contributed by atoms with Crippen LogP contribution in [0.2, 0.25) is 5.02 Å². The van der Waals surface area contributed by atoms with E-state index in [-0.39, 0.29) is 17.0 Å². The van der Waals surface area contributed by atoms with E-state index in [1.165, 1.54) is 25.1 Å². The molecule has 0 aliphatic rings. The van der Waals surface area contributed by atoms with Gasteiger partial charge in [-0.2, -0.15) is 5.26 Å². The maximum atomic E-state index is 11.3.